The van der Waals surface area contributed by atoms with E-state index in [1.807, 2.05) is 20.8 Å². The summed E-state index contributed by atoms with van der Waals surface area (Å²) < 4.78 is 5.35. The molecule has 1 unspecified atom stereocenters. The zero-order valence-corrected chi connectivity index (χ0v) is 11.4. The van der Waals surface area contributed by atoms with Crippen LogP contribution in [0.3, 0.4) is 0 Å². The van der Waals surface area contributed by atoms with Crippen LogP contribution in [0.5, 0.6) is 0 Å². The van der Waals surface area contributed by atoms with E-state index in [4.69, 9.17) is 9.84 Å². The summed E-state index contributed by atoms with van der Waals surface area (Å²) in [6.45, 7) is 6.26. The highest BCUT2D eigenvalue weighted by molar-refractivity contribution is 5.69. The Balaban J connectivity index is 2.43. The van der Waals surface area contributed by atoms with Crippen LogP contribution < -0.4 is 0 Å². The Bertz CT molecular complexity index is 309. The second-order valence-corrected chi connectivity index (χ2v) is 5.76. The van der Waals surface area contributed by atoms with Gasteiger partial charge in [-0.1, -0.05) is 0 Å². The standard InChI is InChI=1S/C13H23NO4/c1-13(2,3)18-12(17)14-9-5-7-10(14)6-4-8-11(15)16/h10H,4-9H2,1-3H3,(H,15,16). The van der Waals surface area contributed by atoms with E-state index in [0.29, 0.717) is 13.0 Å². The molecule has 104 valence electrons. The first-order valence-electron chi connectivity index (χ1n) is 6.51. The number of rotatable bonds is 4. The molecule has 1 N–H and O–H groups in total. The van der Waals surface area contributed by atoms with E-state index in [1.165, 1.54) is 0 Å². The van der Waals surface area contributed by atoms with Crippen LogP contribution in [0.1, 0.15) is 52.9 Å². The molecule has 0 aromatic heterocycles. The van der Waals surface area contributed by atoms with Crippen molar-refractivity contribution in [2.75, 3.05) is 6.54 Å². The highest BCUT2D eigenvalue weighted by Crippen LogP contribution is 2.24. The average molecular weight is 257 g/mol. The van der Waals surface area contributed by atoms with Crippen molar-refractivity contribution in [3.63, 3.8) is 0 Å². The summed E-state index contributed by atoms with van der Waals surface area (Å²) in [7, 11) is 0. The molecule has 18 heavy (non-hydrogen) atoms. The van der Waals surface area contributed by atoms with Gasteiger partial charge in [-0.15, -0.1) is 0 Å². The van der Waals surface area contributed by atoms with Gasteiger partial charge >= 0.3 is 12.1 Å². The quantitative estimate of drug-likeness (QED) is 0.840. The number of hydrogen-bond acceptors (Lipinski definition) is 3. The highest BCUT2D eigenvalue weighted by Gasteiger charge is 2.31. The molecule has 0 bridgehead atoms. The normalized spacial score (nSPS) is 19.9. The van der Waals surface area contributed by atoms with Crippen LogP contribution in [0.4, 0.5) is 4.79 Å². The summed E-state index contributed by atoms with van der Waals surface area (Å²) >= 11 is 0. The molecule has 0 spiro atoms. The number of hydrogen-bond donors (Lipinski definition) is 1. The number of aliphatic carboxylic acids is 1. The third-order valence-corrected chi connectivity index (χ3v) is 2.93. The zero-order chi connectivity index (χ0) is 13.8. The van der Waals surface area contributed by atoms with Crippen molar-refractivity contribution < 1.29 is 19.4 Å². The van der Waals surface area contributed by atoms with E-state index in [1.54, 1.807) is 4.90 Å². The van der Waals surface area contributed by atoms with Gasteiger partial charge in [0.05, 0.1) is 0 Å². The Labute approximate surface area is 108 Å². The van der Waals surface area contributed by atoms with Gasteiger partial charge in [0.25, 0.3) is 0 Å². The number of likely N-dealkylation sites (tertiary alicyclic amines) is 1. The second kappa shape index (κ2) is 6.07. The fourth-order valence-corrected chi connectivity index (χ4v) is 2.19. The molecule has 0 radical (unpaired) electrons. The summed E-state index contributed by atoms with van der Waals surface area (Å²) in [4.78, 5) is 24.2. The molecule has 1 aliphatic rings. The van der Waals surface area contributed by atoms with Crippen molar-refractivity contribution in [1.82, 2.24) is 4.90 Å². The number of carboxylic acid groups (broad SMARTS) is 1. The summed E-state index contributed by atoms with van der Waals surface area (Å²) in [6, 6.07) is 0.138. The number of carboxylic acids is 1. The minimum absolute atomic E-state index is 0.138. The van der Waals surface area contributed by atoms with Gasteiger partial charge in [0.1, 0.15) is 5.60 Å². The summed E-state index contributed by atoms with van der Waals surface area (Å²) in [5.41, 5.74) is -0.481. The molecule has 1 rings (SSSR count). The van der Waals surface area contributed by atoms with Crippen LogP contribution >= 0.6 is 0 Å². The molecular formula is C13H23NO4. The first-order chi connectivity index (χ1) is 8.29. The lowest BCUT2D eigenvalue weighted by Gasteiger charge is -2.28. The molecule has 0 aromatic rings. The molecule has 0 aromatic carbocycles. The Morgan fingerprint density at radius 2 is 2.06 bits per heavy atom. The molecule has 1 heterocycles. The van der Waals surface area contributed by atoms with E-state index in [2.05, 4.69) is 0 Å². The topological polar surface area (TPSA) is 66.8 Å². The van der Waals surface area contributed by atoms with Gasteiger partial charge in [-0.05, 0) is 46.5 Å². The minimum Gasteiger partial charge on any atom is -0.481 e. The monoisotopic (exact) mass is 257 g/mol. The molecule has 1 saturated heterocycles. The van der Waals surface area contributed by atoms with Gasteiger partial charge in [0.15, 0.2) is 0 Å². The molecule has 1 amide bonds. The fourth-order valence-electron chi connectivity index (χ4n) is 2.19. The first kappa shape index (κ1) is 14.8. The Kier molecular flexibility index (Phi) is 4.99. The number of carbonyl (C=O) groups excluding carboxylic acids is 1. The largest absolute Gasteiger partial charge is 0.481 e. The fraction of sp³-hybridized carbons (Fsp3) is 0.846. The lowest BCUT2D eigenvalue weighted by atomic mass is 10.1. The lowest BCUT2D eigenvalue weighted by molar-refractivity contribution is -0.137. The van der Waals surface area contributed by atoms with Gasteiger partial charge < -0.3 is 14.7 Å². The van der Waals surface area contributed by atoms with E-state index >= 15 is 0 Å². The van der Waals surface area contributed by atoms with Crippen molar-refractivity contribution in [1.29, 1.82) is 0 Å². The van der Waals surface area contributed by atoms with E-state index in [-0.39, 0.29) is 18.6 Å². The number of carbonyl (C=O) groups is 2. The molecule has 0 saturated carbocycles. The Morgan fingerprint density at radius 3 is 2.61 bits per heavy atom. The molecule has 5 nitrogen and oxygen atoms in total. The van der Waals surface area contributed by atoms with Crippen LogP contribution in [-0.4, -0.2) is 40.3 Å². The van der Waals surface area contributed by atoms with E-state index in [9.17, 15) is 9.59 Å². The number of amides is 1. The lowest BCUT2D eigenvalue weighted by Crippen LogP contribution is -2.39. The maximum Gasteiger partial charge on any atom is 0.410 e. The maximum absolute atomic E-state index is 12.0. The number of nitrogens with zero attached hydrogens (tertiary/aromatic N) is 1. The maximum atomic E-state index is 12.0. The third kappa shape index (κ3) is 4.94. The molecule has 0 aliphatic carbocycles. The van der Waals surface area contributed by atoms with Crippen molar-refractivity contribution in [3.05, 3.63) is 0 Å². The third-order valence-electron chi connectivity index (χ3n) is 2.93. The van der Waals surface area contributed by atoms with Crippen LogP contribution in [0.2, 0.25) is 0 Å². The van der Waals surface area contributed by atoms with Crippen molar-refractivity contribution in [2.45, 2.75) is 64.5 Å². The van der Waals surface area contributed by atoms with Crippen LogP contribution in [0.15, 0.2) is 0 Å². The second-order valence-electron chi connectivity index (χ2n) is 5.76. The Hall–Kier alpha value is -1.26. The van der Waals surface area contributed by atoms with Crippen LogP contribution in [0.25, 0.3) is 0 Å². The van der Waals surface area contributed by atoms with Gasteiger partial charge in [0.2, 0.25) is 0 Å². The Morgan fingerprint density at radius 1 is 1.39 bits per heavy atom. The summed E-state index contributed by atoms with van der Waals surface area (Å²) in [5, 5.41) is 8.61. The number of ether oxygens (including phenoxy) is 1. The van der Waals surface area contributed by atoms with E-state index in [0.717, 1.165) is 19.3 Å². The first-order valence-corrected chi connectivity index (χ1v) is 6.51. The predicted octanol–water partition coefficient (Wildman–Crippen LogP) is 2.64. The molecule has 1 aliphatic heterocycles. The van der Waals surface area contributed by atoms with E-state index < -0.39 is 11.6 Å². The summed E-state index contributed by atoms with van der Waals surface area (Å²) in [6.07, 6.45) is 3.15. The van der Waals surface area contributed by atoms with Crippen molar-refractivity contribution in [3.8, 4) is 0 Å². The highest BCUT2D eigenvalue weighted by atomic mass is 16.6. The van der Waals surface area contributed by atoms with Crippen LogP contribution in [-0.2, 0) is 9.53 Å². The van der Waals surface area contributed by atoms with Gasteiger partial charge in [-0.25, -0.2) is 4.79 Å². The minimum atomic E-state index is -0.781. The predicted molar refractivity (Wildman–Crippen MR) is 67.4 cm³/mol. The van der Waals surface area contributed by atoms with Crippen LogP contribution in [0, 0.1) is 0 Å². The molecule has 5 heteroatoms. The molecule has 1 fully saturated rings. The smallest absolute Gasteiger partial charge is 0.410 e. The van der Waals surface area contributed by atoms with Crippen molar-refractivity contribution >= 4 is 12.1 Å². The summed E-state index contributed by atoms with van der Waals surface area (Å²) in [5.74, 6) is -0.781. The van der Waals surface area contributed by atoms with Gasteiger partial charge in [-0.3, -0.25) is 4.79 Å². The SMILES string of the molecule is CC(C)(C)OC(=O)N1CCCC1CCCC(=O)O. The van der Waals surface area contributed by atoms with Gasteiger partial charge in [-0.2, -0.15) is 0 Å². The molecular weight excluding hydrogens is 234 g/mol. The average Bonchev–Trinajstić information content (AvgIpc) is 2.62. The molecule has 1 atom stereocenters. The van der Waals surface area contributed by atoms with Crippen molar-refractivity contribution in [2.24, 2.45) is 0 Å². The van der Waals surface area contributed by atoms with Gasteiger partial charge in [0, 0.05) is 19.0 Å². The zero-order valence-electron chi connectivity index (χ0n) is 11.4.